The Morgan fingerprint density at radius 3 is 1.13 bits per heavy atom. The minimum absolute atomic E-state index is 0.0461. The molecule has 0 fully saturated rings. The second kappa shape index (κ2) is 13.4. The topological polar surface area (TPSA) is 80.9 Å². The number of hydrogen-bond acceptors (Lipinski definition) is 4. The average molecular weight is 531 g/mol. The van der Waals surface area contributed by atoms with E-state index in [1.807, 2.05) is 0 Å². The van der Waals surface area contributed by atoms with Gasteiger partial charge in [0.05, 0.1) is 12.2 Å². The van der Waals surface area contributed by atoms with Gasteiger partial charge in [-0.15, -0.1) is 0 Å². The van der Waals surface area contributed by atoms with E-state index in [1.54, 1.807) is 0 Å². The van der Waals surface area contributed by atoms with E-state index in [0.717, 1.165) is 86.5 Å². The van der Waals surface area contributed by atoms with Gasteiger partial charge in [0.1, 0.15) is 0 Å². The van der Waals surface area contributed by atoms with E-state index in [9.17, 15) is 20.4 Å². The van der Waals surface area contributed by atoms with Crippen molar-refractivity contribution < 1.29 is 20.4 Å². The molecule has 2 rings (SSSR count). The van der Waals surface area contributed by atoms with Crippen molar-refractivity contribution in [2.45, 2.75) is 132 Å². The van der Waals surface area contributed by atoms with Crippen molar-refractivity contribution in [1.29, 1.82) is 0 Å². The molecular formula is C34H58O4. The molecule has 2 aliphatic rings. The van der Waals surface area contributed by atoms with Crippen LogP contribution in [-0.4, -0.2) is 45.8 Å². The highest BCUT2D eigenvalue weighted by Gasteiger charge is 2.30. The van der Waals surface area contributed by atoms with E-state index in [4.69, 9.17) is 0 Å². The van der Waals surface area contributed by atoms with Crippen LogP contribution in [0.25, 0.3) is 0 Å². The van der Waals surface area contributed by atoms with Crippen molar-refractivity contribution in [3.8, 4) is 0 Å². The average Bonchev–Trinajstić information content (AvgIpc) is 2.82. The highest BCUT2D eigenvalue weighted by atomic mass is 16.3. The lowest BCUT2D eigenvalue weighted by Crippen LogP contribution is -2.26. The van der Waals surface area contributed by atoms with Crippen LogP contribution >= 0.6 is 0 Å². The Labute approximate surface area is 233 Å². The number of allylic oxidation sites excluding steroid dienone is 4. The Hall–Kier alpha value is -1.20. The monoisotopic (exact) mass is 530 g/mol. The molecule has 4 heteroatoms. The maximum absolute atomic E-state index is 11.3. The molecule has 0 bridgehead atoms. The van der Waals surface area contributed by atoms with Crippen LogP contribution in [0.2, 0.25) is 0 Å². The summed E-state index contributed by atoms with van der Waals surface area (Å²) in [6.45, 7) is 17.6. The fourth-order valence-electron chi connectivity index (χ4n) is 5.93. The number of hydrogen-bond donors (Lipinski definition) is 4. The molecule has 0 radical (unpaired) electrons. The summed E-state index contributed by atoms with van der Waals surface area (Å²) >= 11 is 0. The zero-order chi connectivity index (χ0) is 28.8. The largest absolute Gasteiger partial charge is 0.396 e. The number of rotatable bonds is 15. The Balaban J connectivity index is 1.98. The van der Waals surface area contributed by atoms with Crippen molar-refractivity contribution >= 4 is 0 Å². The van der Waals surface area contributed by atoms with Gasteiger partial charge in [-0.25, -0.2) is 0 Å². The number of unbranched alkanes of at least 4 members (excludes halogenated alkanes) is 2. The van der Waals surface area contributed by atoms with E-state index in [1.165, 1.54) is 0 Å². The van der Waals surface area contributed by atoms with Gasteiger partial charge in [-0.1, -0.05) is 92.5 Å². The summed E-state index contributed by atoms with van der Waals surface area (Å²) < 4.78 is 0. The molecule has 0 aliphatic heterocycles. The van der Waals surface area contributed by atoms with Gasteiger partial charge in [-0.2, -0.15) is 0 Å². The quantitative estimate of drug-likeness (QED) is 0.131. The van der Waals surface area contributed by atoms with Crippen molar-refractivity contribution in [1.82, 2.24) is 0 Å². The van der Waals surface area contributed by atoms with E-state index in [0.29, 0.717) is 0 Å². The van der Waals surface area contributed by atoms with Gasteiger partial charge in [0.25, 0.3) is 0 Å². The lowest BCUT2D eigenvalue weighted by molar-refractivity contribution is 0.147. The van der Waals surface area contributed by atoms with Gasteiger partial charge < -0.3 is 20.4 Å². The van der Waals surface area contributed by atoms with Crippen molar-refractivity contribution in [2.24, 2.45) is 21.7 Å². The minimum Gasteiger partial charge on any atom is -0.396 e. The molecule has 38 heavy (non-hydrogen) atoms. The lowest BCUT2D eigenvalue weighted by Gasteiger charge is -2.33. The Morgan fingerprint density at radius 2 is 0.842 bits per heavy atom. The minimum atomic E-state index is -0.548. The maximum atomic E-state index is 11.3. The van der Waals surface area contributed by atoms with E-state index in [-0.39, 0.29) is 34.9 Å². The second-order valence-corrected chi connectivity index (χ2v) is 14.9. The van der Waals surface area contributed by atoms with Gasteiger partial charge in [0.15, 0.2) is 0 Å². The molecule has 0 saturated heterocycles. The van der Waals surface area contributed by atoms with Crippen LogP contribution in [0.4, 0.5) is 0 Å². The van der Waals surface area contributed by atoms with Crippen molar-refractivity contribution in [2.75, 3.05) is 13.2 Å². The van der Waals surface area contributed by atoms with Gasteiger partial charge >= 0.3 is 0 Å². The van der Waals surface area contributed by atoms with Gasteiger partial charge in [0.2, 0.25) is 0 Å². The molecule has 4 nitrogen and oxygen atoms in total. The second-order valence-electron chi connectivity index (χ2n) is 14.9. The summed E-state index contributed by atoms with van der Waals surface area (Å²) in [5.41, 5.74) is 4.07. The van der Waals surface area contributed by atoms with E-state index >= 15 is 0 Å². The van der Waals surface area contributed by atoms with Gasteiger partial charge in [0, 0.05) is 24.0 Å². The maximum Gasteiger partial charge on any atom is 0.0961 e. The predicted octanol–water partition coefficient (Wildman–Crippen LogP) is 7.43. The zero-order valence-corrected chi connectivity index (χ0v) is 25.7. The fraction of sp³-hybridized carbons (Fsp3) is 0.765. The molecular weight excluding hydrogens is 472 g/mol. The van der Waals surface area contributed by atoms with Crippen molar-refractivity contribution in [3.05, 3.63) is 46.6 Å². The molecule has 218 valence electrons. The smallest absolute Gasteiger partial charge is 0.0961 e. The molecule has 0 spiro atoms. The normalized spacial score (nSPS) is 23.5. The van der Waals surface area contributed by atoms with Crippen LogP contribution in [0.3, 0.4) is 0 Å². The fourth-order valence-corrected chi connectivity index (χ4v) is 5.93. The third-order valence-corrected chi connectivity index (χ3v) is 8.33. The van der Waals surface area contributed by atoms with E-state index in [2.05, 4.69) is 79.7 Å². The summed E-state index contributed by atoms with van der Waals surface area (Å²) in [4.78, 5) is 0. The predicted molar refractivity (Wildman–Crippen MR) is 160 cm³/mol. The van der Waals surface area contributed by atoms with Crippen LogP contribution in [-0.2, 0) is 0 Å². The van der Waals surface area contributed by atoms with E-state index < -0.39 is 12.2 Å². The molecule has 0 saturated carbocycles. The molecule has 2 atom stereocenters. The van der Waals surface area contributed by atoms with Gasteiger partial charge in [-0.05, 0) is 84.5 Å². The summed E-state index contributed by atoms with van der Waals surface area (Å²) in [5, 5.41) is 41.6. The summed E-state index contributed by atoms with van der Waals surface area (Å²) in [7, 11) is 0. The highest BCUT2D eigenvalue weighted by molar-refractivity contribution is 5.37. The van der Waals surface area contributed by atoms with Crippen LogP contribution in [0, 0.1) is 21.7 Å². The first-order valence-electron chi connectivity index (χ1n) is 14.9. The molecule has 0 heterocycles. The molecule has 0 amide bonds. The molecule has 4 N–H and O–H groups in total. The lowest BCUT2D eigenvalue weighted by atomic mass is 9.75. The van der Waals surface area contributed by atoms with Crippen LogP contribution in [0.15, 0.2) is 46.6 Å². The molecule has 0 aromatic heterocycles. The standard InChI is InChI=1S/C34H58O4/c1-31(2,23-35)17-11-9-13-25-19-33(5,6)21-27(29(25)37)15-16-28-22-34(7,8)20-26(30(28)38)14-10-12-18-32(3,4)24-36/h19-22,29-30,35-38H,9-18,23-24H2,1-8H3. The van der Waals surface area contributed by atoms with Crippen LogP contribution in [0.5, 0.6) is 0 Å². The first-order valence-corrected chi connectivity index (χ1v) is 14.9. The third-order valence-electron chi connectivity index (χ3n) is 8.33. The molecule has 0 aromatic carbocycles. The van der Waals surface area contributed by atoms with Crippen LogP contribution < -0.4 is 0 Å². The van der Waals surface area contributed by atoms with Crippen molar-refractivity contribution in [3.63, 3.8) is 0 Å². The molecule has 0 aromatic rings. The number of aliphatic hydroxyl groups is 4. The Morgan fingerprint density at radius 1 is 0.553 bits per heavy atom. The Kier molecular flexibility index (Phi) is 11.7. The van der Waals surface area contributed by atoms with Crippen LogP contribution in [0.1, 0.15) is 120 Å². The zero-order valence-electron chi connectivity index (χ0n) is 25.7. The summed E-state index contributed by atoms with van der Waals surface area (Å²) in [6.07, 6.45) is 17.1. The molecule has 2 aliphatic carbocycles. The first kappa shape index (κ1) is 33.0. The highest BCUT2D eigenvalue weighted by Crippen LogP contribution is 2.40. The summed E-state index contributed by atoms with van der Waals surface area (Å²) in [5.74, 6) is 0. The first-order chi connectivity index (χ1) is 17.5. The SMILES string of the molecule is CC1(C)C=C(CCCCC(C)(C)CO)C(O)C(CCC2=CC(C)(C)C=C(CCCCC(C)(C)CO)C2O)=C1. The Bertz CT molecular complexity index is 823. The third kappa shape index (κ3) is 10.4. The van der Waals surface area contributed by atoms with Gasteiger partial charge in [-0.3, -0.25) is 0 Å². The molecule has 2 unspecified atom stereocenters. The number of aliphatic hydroxyl groups excluding tert-OH is 4. The summed E-state index contributed by atoms with van der Waals surface area (Å²) in [6, 6.07) is 0.